The van der Waals surface area contributed by atoms with Crippen LogP contribution in [0.4, 0.5) is 0 Å². The molecule has 1 aliphatic carbocycles. The zero-order valence-electron chi connectivity index (χ0n) is 10.6. The third-order valence-electron chi connectivity index (χ3n) is 3.38. The Morgan fingerprint density at radius 3 is 2.11 bits per heavy atom. The average molecular weight is 250 g/mol. The van der Waals surface area contributed by atoms with Crippen molar-refractivity contribution >= 4 is 17.0 Å². The molecule has 0 unspecified atom stereocenters. The molecule has 0 atom stereocenters. The number of nitrogens with two attached hydrogens (primary N) is 1. The molecule has 0 fully saturated rings. The standard InChI is InChI=1S/C16H14N2O/c1-19-13-9-5-4-8-12(13)14-15(17)10-6-2-3-7-11(10)16(14)18/h2-9,17H,18H2,1H3. The minimum atomic E-state index is 0.456. The van der Waals surface area contributed by atoms with Gasteiger partial charge in [-0.05, 0) is 6.07 Å². The Labute approximate surface area is 111 Å². The Morgan fingerprint density at radius 2 is 1.47 bits per heavy atom. The van der Waals surface area contributed by atoms with Gasteiger partial charge in [0.05, 0.1) is 12.8 Å². The topological polar surface area (TPSA) is 59.1 Å². The van der Waals surface area contributed by atoms with E-state index in [9.17, 15) is 0 Å². The molecule has 2 aromatic carbocycles. The van der Waals surface area contributed by atoms with E-state index in [1.807, 2.05) is 48.5 Å². The summed E-state index contributed by atoms with van der Waals surface area (Å²) in [7, 11) is 1.63. The van der Waals surface area contributed by atoms with Gasteiger partial charge in [0.15, 0.2) is 0 Å². The highest BCUT2D eigenvalue weighted by Gasteiger charge is 2.27. The molecule has 0 aliphatic heterocycles. The van der Waals surface area contributed by atoms with Crippen LogP contribution in [0.3, 0.4) is 0 Å². The number of rotatable bonds is 2. The predicted octanol–water partition coefficient (Wildman–Crippen LogP) is 2.90. The number of hydrogen-bond acceptors (Lipinski definition) is 3. The molecule has 0 saturated heterocycles. The Kier molecular flexibility index (Phi) is 2.60. The molecule has 3 rings (SSSR count). The number of ether oxygens (including phenoxy) is 1. The van der Waals surface area contributed by atoms with Crippen LogP contribution in [0.2, 0.25) is 0 Å². The quantitative estimate of drug-likeness (QED) is 0.861. The summed E-state index contributed by atoms with van der Waals surface area (Å²) in [5, 5.41) is 8.33. The Balaban J connectivity index is 2.23. The van der Waals surface area contributed by atoms with Crippen LogP contribution in [0.15, 0.2) is 48.5 Å². The van der Waals surface area contributed by atoms with Crippen LogP contribution >= 0.6 is 0 Å². The molecule has 0 aromatic heterocycles. The van der Waals surface area contributed by atoms with Gasteiger partial charge in [0.1, 0.15) is 5.75 Å². The van der Waals surface area contributed by atoms with Crippen LogP contribution in [0.1, 0.15) is 16.7 Å². The van der Waals surface area contributed by atoms with Gasteiger partial charge in [-0.25, -0.2) is 0 Å². The zero-order valence-corrected chi connectivity index (χ0v) is 10.6. The summed E-state index contributed by atoms with van der Waals surface area (Å²) in [6, 6.07) is 15.4. The highest BCUT2D eigenvalue weighted by Crippen LogP contribution is 2.38. The van der Waals surface area contributed by atoms with Crippen molar-refractivity contribution < 1.29 is 4.74 Å². The number of fused-ring (bicyclic) bond motifs is 1. The van der Waals surface area contributed by atoms with Crippen molar-refractivity contribution in [2.75, 3.05) is 7.11 Å². The van der Waals surface area contributed by atoms with Crippen LogP contribution in [0.5, 0.6) is 5.75 Å². The molecule has 0 amide bonds. The fraction of sp³-hybridized carbons (Fsp3) is 0.0625. The van der Waals surface area contributed by atoms with E-state index >= 15 is 0 Å². The van der Waals surface area contributed by atoms with E-state index in [4.69, 9.17) is 15.9 Å². The summed E-state index contributed by atoms with van der Waals surface area (Å²) in [6.45, 7) is 0. The molecule has 0 radical (unpaired) electrons. The Hall–Kier alpha value is -2.55. The smallest absolute Gasteiger partial charge is 0.126 e. The van der Waals surface area contributed by atoms with Gasteiger partial charge in [0, 0.05) is 28.0 Å². The number of para-hydroxylation sites is 1. The van der Waals surface area contributed by atoms with Crippen molar-refractivity contribution in [2.45, 2.75) is 0 Å². The second-order valence-corrected chi connectivity index (χ2v) is 4.41. The van der Waals surface area contributed by atoms with Gasteiger partial charge in [0.25, 0.3) is 0 Å². The molecule has 0 bridgehead atoms. The fourth-order valence-electron chi connectivity index (χ4n) is 2.47. The van der Waals surface area contributed by atoms with Gasteiger partial charge >= 0.3 is 0 Å². The normalized spacial score (nSPS) is 13.6. The van der Waals surface area contributed by atoms with Crippen molar-refractivity contribution in [1.82, 2.24) is 0 Å². The molecule has 3 heteroatoms. The highest BCUT2D eigenvalue weighted by molar-refractivity contribution is 6.41. The van der Waals surface area contributed by atoms with E-state index < -0.39 is 0 Å². The van der Waals surface area contributed by atoms with Crippen LogP contribution in [0, 0.1) is 5.41 Å². The summed E-state index contributed by atoms with van der Waals surface area (Å²) in [5.74, 6) is 0.734. The van der Waals surface area contributed by atoms with E-state index in [1.54, 1.807) is 7.11 Å². The van der Waals surface area contributed by atoms with E-state index in [2.05, 4.69) is 0 Å². The van der Waals surface area contributed by atoms with Crippen molar-refractivity contribution in [3.8, 4) is 5.75 Å². The molecular formula is C16H14N2O. The lowest BCUT2D eigenvalue weighted by Crippen LogP contribution is -2.02. The summed E-state index contributed by atoms with van der Waals surface area (Å²) < 4.78 is 5.37. The minimum absolute atomic E-state index is 0.456. The monoisotopic (exact) mass is 250 g/mol. The molecule has 19 heavy (non-hydrogen) atoms. The molecule has 1 aliphatic rings. The predicted molar refractivity (Wildman–Crippen MR) is 77.3 cm³/mol. The van der Waals surface area contributed by atoms with Gasteiger partial charge in [-0.15, -0.1) is 0 Å². The van der Waals surface area contributed by atoms with Gasteiger partial charge in [-0.1, -0.05) is 42.5 Å². The first-order chi connectivity index (χ1) is 9.24. The minimum Gasteiger partial charge on any atom is -0.496 e. The van der Waals surface area contributed by atoms with Crippen molar-refractivity contribution in [3.63, 3.8) is 0 Å². The first kappa shape index (κ1) is 11.5. The summed E-state index contributed by atoms with van der Waals surface area (Å²) >= 11 is 0. The largest absolute Gasteiger partial charge is 0.496 e. The number of benzene rings is 2. The van der Waals surface area contributed by atoms with Crippen LogP contribution in [-0.2, 0) is 0 Å². The van der Waals surface area contributed by atoms with Gasteiger partial charge in [0.2, 0.25) is 0 Å². The summed E-state index contributed by atoms with van der Waals surface area (Å²) in [5.41, 5.74) is 10.7. The zero-order chi connectivity index (χ0) is 13.4. The average Bonchev–Trinajstić information content (AvgIpc) is 2.71. The third-order valence-corrected chi connectivity index (χ3v) is 3.38. The Morgan fingerprint density at radius 1 is 0.895 bits per heavy atom. The van der Waals surface area contributed by atoms with E-state index in [0.717, 1.165) is 28.0 Å². The van der Waals surface area contributed by atoms with Gasteiger partial charge in [-0.2, -0.15) is 0 Å². The first-order valence-corrected chi connectivity index (χ1v) is 6.06. The van der Waals surface area contributed by atoms with Crippen molar-refractivity contribution in [3.05, 3.63) is 65.2 Å². The molecule has 0 saturated carbocycles. The summed E-state index contributed by atoms with van der Waals surface area (Å²) in [4.78, 5) is 0. The number of methoxy groups -OCH3 is 1. The lowest BCUT2D eigenvalue weighted by molar-refractivity contribution is 0.413. The molecule has 94 valence electrons. The van der Waals surface area contributed by atoms with E-state index in [-0.39, 0.29) is 0 Å². The van der Waals surface area contributed by atoms with Crippen LogP contribution in [0.25, 0.3) is 11.3 Å². The van der Waals surface area contributed by atoms with Crippen molar-refractivity contribution in [2.24, 2.45) is 5.73 Å². The lowest BCUT2D eigenvalue weighted by atomic mass is 10.0. The fourth-order valence-corrected chi connectivity index (χ4v) is 2.47. The van der Waals surface area contributed by atoms with Crippen molar-refractivity contribution in [1.29, 1.82) is 5.41 Å². The third kappa shape index (κ3) is 1.63. The number of hydrogen-bond donors (Lipinski definition) is 2. The molecule has 0 heterocycles. The number of nitrogens with one attached hydrogen (secondary N) is 1. The molecule has 3 nitrogen and oxygen atoms in total. The molecule has 3 N–H and O–H groups in total. The lowest BCUT2D eigenvalue weighted by Gasteiger charge is -2.10. The van der Waals surface area contributed by atoms with Gasteiger partial charge < -0.3 is 10.5 Å². The second-order valence-electron chi connectivity index (χ2n) is 4.41. The maximum atomic E-state index is 8.33. The highest BCUT2D eigenvalue weighted by atomic mass is 16.5. The maximum absolute atomic E-state index is 8.33. The molecular weight excluding hydrogens is 236 g/mol. The Bertz CT molecular complexity index is 701. The maximum Gasteiger partial charge on any atom is 0.126 e. The second kappa shape index (κ2) is 4.28. The van der Waals surface area contributed by atoms with Crippen LogP contribution in [-0.4, -0.2) is 12.8 Å². The first-order valence-electron chi connectivity index (χ1n) is 6.06. The van der Waals surface area contributed by atoms with E-state index in [0.29, 0.717) is 11.4 Å². The van der Waals surface area contributed by atoms with Crippen LogP contribution < -0.4 is 10.5 Å². The SMILES string of the molecule is COc1ccccc1C1=C(N)c2ccccc2C1=N. The summed E-state index contributed by atoms with van der Waals surface area (Å²) in [6.07, 6.45) is 0. The molecule has 2 aromatic rings. The van der Waals surface area contributed by atoms with E-state index in [1.165, 1.54) is 0 Å². The molecule has 0 spiro atoms. The number of allylic oxidation sites excluding steroid dienone is 1. The van der Waals surface area contributed by atoms with Gasteiger partial charge in [-0.3, -0.25) is 5.41 Å².